The van der Waals surface area contributed by atoms with Crippen molar-refractivity contribution in [1.82, 2.24) is 5.32 Å². The van der Waals surface area contributed by atoms with Gasteiger partial charge in [-0.2, -0.15) is 13.2 Å². The SMILES string of the molecule is O=C(NCCCI)c1cc(C(F)(F)F)ccc1Br. The molecule has 2 nitrogen and oxygen atoms in total. The fraction of sp³-hybridized carbons (Fsp3) is 0.364. The van der Waals surface area contributed by atoms with Crippen LogP contribution in [-0.2, 0) is 6.18 Å². The van der Waals surface area contributed by atoms with Crippen molar-refractivity contribution in [1.29, 1.82) is 0 Å². The van der Waals surface area contributed by atoms with Crippen molar-refractivity contribution in [2.45, 2.75) is 12.6 Å². The van der Waals surface area contributed by atoms with Crippen molar-refractivity contribution in [3.05, 3.63) is 33.8 Å². The summed E-state index contributed by atoms with van der Waals surface area (Å²) in [5.41, 5.74) is -0.831. The molecular formula is C11H10BrF3INO. The van der Waals surface area contributed by atoms with Crippen LogP contribution in [0.25, 0.3) is 0 Å². The van der Waals surface area contributed by atoms with E-state index >= 15 is 0 Å². The number of nitrogens with one attached hydrogen (secondary N) is 1. The van der Waals surface area contributed by atoms with Gasteiger partial charge in [-0.1, -0.05) is 22.6 Å². The lowest BCUT2D eigenvalue weighted by atomic mass is 10.1. The Morgan fingerprint density at radius 1 is 1.39 bits per heavy atom. The summed E-state index contributed by atoms with van der Waals surface area (Å²) in [4.78, 5) is 11.7. The molecule has 1 rings (SSSR count). The van der Waals surface area contributed by atoms with Gasteiger partial charge in [-0.25, -0.2) is 0 Å². The van der Waals surface area contributed by atoms with E-state index in [9.17, 15) is 18.0 Å². The van der Waals surface area contributed by atoms with E-state index in [0.717, 1.165) is 23.0 Å². The van der Waals surface area contributed by atoms with E-state index in [-0.39, 0.29) is 5.56 Å². The van der Waals surface area contributed by atoms with Gasteiger partial charge in [-0.15, -0.1) is 0 Å². The Balaban J connectivity index is 2.90. The topological polar surface area (TPSA) is 29.1 Å². The van der Waals surface area contributed by atoms with Crippen LogP contribution in [0.15, 0.2) is 22.7 Å². The van der Waals surface area contributed by atoms with Crippen LogP contribution in [0, 0.1) is 0 Å². The summed E-state index contributed by atoms with van der Waals surface area (Å²) in [6, 6.07) is 3.02. The largest absolute Gasteiger partial charge is 0.416 e. The van der Waals surface area contributed by atoms with Gasteiger partial charge in [0.05, 0.1) is 11.1 Å². The lowest BCUT2D eigenvalue weighted by Gasteiger charge is -2.10. The van der Waals surface area contributed by atoms with Crippen molar-refractivity contribution in [3.63, 3.8) is 0 Å². The number of amides is 1. The second-order valence-corrected chi connectivity index (χ2v) is 5.42. The second-order valence-electron chi connectivity index (χ2n) is 3.49. The van der Waals surface area contributed by atoms with Gasteiger partial charge in [0.25, 0.3) is 5.91 Å². The van der Waals surface area contributed by atoms with E-state index < -0.39 is 17.6 Å². The van der Waals surface area contributed by atoms with Crippen molar-refractivity contribution in [3.8, 4) is 0 Å². The highest BCUT2D eigenvalue weighted by Crippen LogP contribution is 2.31. The molecule has 0 saturated heterocycles. The minimum Gasteiger partial charge on any atom is -0.352 e. The number of benzene rings is 1. The minimum absolute atomic E-state index is 0.00159. The first kappa shape index (κ1) is 15.7. The Bertz CT molecular complexity index is 437. The van der Waals surface area contributed by atoms with Crippen molar-refractivity contribution >= 4 is 44.4 Å². The van der Waals surface area contributed by atoms with Crippen molar-refractivity contribution in [2.24, 2.45) is 0 Å². The van der Waals surface area contributed by atoms with Gasteiger partial charge in [-0.3, -0.25) is 4.79 Å². The first-order valence-corrected chi connectivity index (χ1v) is 7.39. The maximum Gasteiger partial charge on any atom is 0.416 e. The molecule has 1 aromatic carbocycles. The summed E-state index contributed by atoms with van der Waals surface area (Å²) in [6.45, 7) is 0.449. The molecule has 0 spiro atoms. The van der Waals surface area contributed by atoms with Gasteiger partial charge < -0.3 is 5.32 Å². The van der Waals surface area contributed by atoms with Gasteiger partial charge >= 0.3 is 6.18 Å². The number of alkyl halides is 4. The third-order valence-corrected chi connectivity index (χ3v) is 3.59. The van der Waals surface area contributed by atoms with E-state index in [2.05, 4.69) is 43.8 Å². The Morgan fingerprint density at radius 2 is 2.06 bits per heavy atom. The van der Waals surface area contributed by atoms with Crippen LogP contribution in [0.2, 0.25) is 0 Å². The molecule has 0 bridgehead atoms. The Kier molecular flexibility index (Phi) is 5.90. The zero-order valence-corrected chi connectivity index (χ0v) is 12.9. The molecule has 1 N–H and O–H groups in total. The number of hydrogen-bond acceptors (Lipinski definition) is 1. The molecule has 0 saturated carbocycles. The fourth-order valence-electron chi connectivity index (χ4n) is 1.24. The summed E-state index contributed by atoms with van der Waals surface area (Å²) in [5, 5.41) is 2.58. The van der Waals surface area contributed by atoms with Crippen LogP contribution in [0.1, 0.15) is 22.3 Å². The molecule has 7 heteroatoms. The molecule has 1 amide bonds. The molecule has 100 valence electrons. The van der Waals surface area contributed by atoms with Gasteiger partial charge in [0, 0.05) is 15.4 Å². The molecule has 0 heterocycles. The molecule has 18 heavy (non-hydrogen) atoms. The maximum atomic E-state index is 12.5. The zero-order chi connectivity index (χ0) is 13.8. The summed E-state index contributed by atoms with van der Waals surface area (Å²) < 4.78 is 38.8. The van der Waals surface area contributed by atoms with E-state index in [1.54, 1.807) is 0 Å². The fourth-order valence-corrected chi connectivity index (χ4v) is 2.05. The zero-order valence-electron chi connectivity index (χ0n) is 9.15. The lowest BCUT2D eigenvalue weighted by molar-refractivity contribution is -0.137. The highest BCUT2D eigenvalue weighted by molar-refractivity contribution is 14.1. The van der Waals surface area contributed by atoms with E-state index in [4.69, 9.17) is 0 Å². The van der Waals surface area contributed by atoms with Crippen LogP contribution in [-0.4, -0.2) is 16.9 Å². The number of rotatable bonds is 4. The van der Waals surface area contributed by atoms with Gasteiger partial charge in [0.15, 0.2) is 0 Å². The average molecular weight is 436 g/mol. The first-order chi connectivity index (χ1) is 8.36. The smallest absolute Gasteiger partial charge is 0.352 e. The van der Waals surface area contributed by atoms with E-state index in [0.29, 0.717) is 11.0 Å². The number of halogens is 5. The van der Waals surface area contributed by atoms with Crippen molar-refractivity contribution in [2.75, 3.05) is 11.0 Å². The molecule has 0 aliphatic heterocycles. The Labute approximate surface area is 125 Å². The molecule has 0 fully saturated rings. The van der Waals surface area contributed by atoms with Gasteiger partial charge in [-0.05, 0) is 40.5 Å². The van der Waals surface area contributed by atoms with Gasteiger partial charge in [0.2, 0.25) is 0 Å². The molecule has 0 unspecified atom stereocenters. The second kappa shape index (κ2) is 6.74. The normalized spacial score (nSPS) is 11.4. The standard InChI is InChI=1S/C11H10BrF3INO/c12-9-3-2-7(11(13,14)15)6-8(9)10(18)17-5-1-4-16/h2-3,6H,1,4-5H2,(H,17,18). The third-order valence-electron chi connectivity index (χ3n) is 2.13. The molecule has 0 aliphatic rings. The average Bonchev–Trinajstić information content (AvgIpc) is 2.28. The quantitative estimate of drug-likeness (QED) is 0.432. The molecule has 0 atom stereocenters. The first-order valence-electron chi connectivity index (χ1n) is 5.07. The molecule has 0 aliphatic carbocycles. The monoisotopic (exact) mass is 435 g/mol. The van der Waals surface area contributed by atoms with Crippen LogP contribution >= 0.6 is 38.5 Å². The van der Waals surface area contributed by atoms with Crippen molar-refractivity contribution < 1.29 is 18.0 Å². The molecule has 0 radical (unpaired) electrons. The predicted molar refractivity (Wildman–Crippen MR) is 75.0 cm³/mol. The summed E-state index contributed by atoms with van der Waals surface area (Å²) >= 11 is 5.24. The number of carbonyl (C=O) groups is 1. The van der Waals surface area contributed by atoms with Crippen LogP contribution in [0.3, 0.4) is 0 Å². The summed E-state index contributed by atoms with van der Waals surface area (Å²) in [5.74, 6) is -0.502. The van der Waals surface area contributed by atoms with E-state index in [1.165, 1.54) is 6.07 Å². The Morgan fingerprint density at radius 3 is 2.61 bits per heavy atom. The lowest BCUT2D eigenvalue weighted by Crippen LogP contribution is -2.25. The van der Waals surface area contributed by atoms with Gasteiger partial charge in [0.1, 0.15) is 0 Å². The van der Waals surface area contributed by atoms with Crippen LogP contribution in [0.4, 0.5) is 13.2 Å². The maximum absolute atomic E-state index is 12.5. The molecule has 1 aromatic rings. The van der Waals surface area contributed by atoms with E-state index in [1.807, 2.05) is 0 Å². The number of carbonyl (C=O) groups excluding carboxylic acids is 1. The third kappa shape index (κ3) is 4.42. The Hall–Kier alpha value is -0.310. The highest BCUT2D eigenvalue weighted by atomic mass is 127. The predicted octanol–water partition coefficient (Wildman–Crippen LogP) is 4.02. The minimum atomic E-state index is -4.45. The summed E-state index contributed by atoms with van der Waals surface area (Å²) in [6.07, 6.45) is -3.67. The summed E-state index contributed by atoms with van der Waals surface area (Å²) in [7, 11) is 0. The number of hydrogen-bond donors (Lipinski definition) is 1. The van der Waals surface area contributed by atoms with Crippen LogP contribution in [0.5, 0.6) is 0 Å². The molecular weight excluding hydrogens is 426 g/mol. The molecule has 0 aromatic heterocycles. The van der Waals surface area contributed by atoms with Crippen LogP contribution < -0.4 is 5.32 Å². The highest BCUT2D eigenvalue weighted by Gasteiger charge is 2.31.